The molecule has 2 N–H and O–H groups in total. The van der Waals surface area contributed by atoms with E-state index >= 15 is 0 Å². The molecule has 0 radical (unpaired) electrons. The van der Waals surface area contributed by atoms with Crippen molar-refractivity contribution < 1.29 is 4.79 Å². The Hall–Kier alpha value is -3.10. The van der Waals surface area contributed by atoms with Gasteiger partial charge in [0.15, 0.2) is 0 Å². The largest absolute Gasteiger partial charge is 0.379 e. The highest BCUT2D eigenvalue weighted by Gasteiger charge is 2.10. The van der Waals surface area contributed by atoms with Gasteiger partial charge in [0.25, 0.3) is 5.91 Å². The molecule has 0 aliphatic heterocycles. The molecule has 0 atom stereocenters. The molecule has 0 spiro atoms. The molecular formula is C19H15ClN4O. The summed E-state index contributed by atoms with van der Waals surface area (Å²) in [6, 6.07) is 14.8. The predicted octanol–water partition coefficient (Wildman–Crippen LogP) is 3.73. The maximum absolute atomic E-state index is 11.8. The molecule has 0 unspecified atom stereocenters. The Balaban J connectivity index is 1.94. The van der Waals surface area contributed by atoms with Gasteiger partial charge in [-0.1, -0.05) is 23.7 Å². The number of nitrogens with zero attached hydrogens (tertiary/aromatic N) is 2. The predicted molar refractivity (Wildman–Crippen MR) is 98.6 cm³/mol. The number of benzene rings is 2. The van der Waals surface area contributed by atoms with Crippen LogP contribution in [-0.4, -0.2) is 17.9 Å². The number of rotatable bonds is 4. The summed E-state index contributed by atoms with van der Waals surface area (Å²) in [5.74, 6) is -0.138. The second-order valence-corrected chi connectivity index (χ2v) is 5.89. The van der Waals surface area contributed by atoms with Crippen molar-refractivity contribution in [3.8, 4) is 6.07 Å². The van der Waals surface area contributed by atoms with Crippen LogP contribution in [0.1, 0.15) is 21.5 Å². The molecule has 5 nitrogen and oxygen atoms in total. The average Bonchev–Trinajstić information content (AvgIpc) is 2.65. The van der Waals surface area contributed by atoms with Crippen LogP contribution in [0.5, 0.6) is 0 Å². The van der Waals surface area contributed by atoms with Crippen molar-refractivity contribution in [2.75, 3.05) is 12.4 Å². The molecule has 0 fully saturated rings. The number of amides is 1. The first-order valence-electron chi connectivity index (χ1n) is 7.65. The number of carbonyl (C=O) groups is 1. The minimum absolute atomic E-state index is 0.138. The molecule has 0 bridgehead atoms. The van der Waals surface area contributed by atoms with Crippen LogP contribution in [0.2, 0.25) is 5.02 Å². The van der Waals surface area contributed by atoms with E-state index in [1.54, 1.807) is 31.4 Å². The van der Waals surface area contributed by atoms with Crippen LogP contribution in [0, 0.1) is 11.3 Å². The first-order valence-corrected chi connectivity index (χ1v) is 8.03. The zero-order valence-electron chi connectivity index (χ0n) is 13.5. The lowest BCUT2D eigenvalue weighted by molar-refractivity contribution is 0.0963. The van der Waals surface area contributed by atoms with E-state index in [2.05, 4.69) is 21.7 Å². The van der Waals surface area contributed by atoms with E-state index in [0.717, 1.165) is 16.5 Å². The Morgan fingerprint density at radius 3 is 2.88 bits per heavy atom. The zero-order valence-corrected chi connectivity index (χ0v) is 14.3. The maximum atomic E-state index is 11.8. The Bertz CT molecular complexity index is 994. The first-order chi connectivity index (χ1) is 12.1. The van der Waals surface area contributed by atoms with Crippen LogP contribution in [0.3, 0.4) is 0 Å². The van der Waals surface area contributed by atoms with Gasteiger partial charge < -0.3 is 10.6 Å². The number of fused-ring (bicyclic) bond motifs is 1. The third-order valence-corrected chi connectivity index (χ3v) is 4.07. The number of nitrogens with one attached hydrogen (secondary N) is 2. The standard InChI is InChI=1S/C19H15ClN4O/c1-22-19(25)13-4-2-3-12(7-13)10-24-18-14(9-21)11-23-17-6-5-15(20)8-16(17)18/h2-8,11H,10H2,1H3,(H,22,25)(H,23,24). The second kappa shape index (κ2) is 7.20. The lowest BCUT2D eigenvalue weighted by atomic mass is 10.1. The number of anilines is 1. The van der Waals surface area contributed by atoms with Crippen LogP contribution >= 0.6 is 11.6 Å². The fraction of sp³-hybridized carbons (Fsp3) is 0.105. The zero-order chi connectivity index (χ0) is 17.8. The van der Waals surface area contributed by atoms with E-state index in [1.165, 1.54) is 0 Å². The molecule has 25 heavy (non-hydrogen) atoms. The van der Waals surface area contributed by atoms with E-state index in [4.69, 9.17) is 11.6 Å². The molecule has 6 heteroatoms. The monoisotopic (exact) mass is 350 g/mol. The van der Waals surface area contributed by atoms with E-state index < -0.39 is 0 Å². The molecule has 0 saturated heterocycles. The lowest BCUT2D eigenvalue weighted by Crippen LogP contribution is -2.18. The first kappa shape index (κ1) is 16.7. The fourth-order valence-electron chi connectivity index (χ4n) is 2.60. The lowest BCUT2D eigenvalue weighted by Gasteiger charge is -2.12. The Morgan fingerprint density at radius 2 is 2.12 bits per heavy atom. The van der Waals surface area contributed by atoms with Gasteiger partial charge in [-0.3, -0.25) is 9.78 Å². The molecule has 1 heterocycles. The number of carbonyl (C=O) groups excluding carboxylic acids is 1. The van der Waals surface area contributed by atoms with Gasteiger partial charge in [-0.25, -0.2) is 0 Å². The minimum Gasteiger partial charge on any atom is -0.379 e. The van der Waals surface area contributed by atoms with Crippen molar-refractivity contribution in [1.29, 1.82) is 5.26 Å². The second-order valence-electron chi connectivity index (χ2n) is 5.45. The van der Waals surface area contributed by atoms with Gasteiger partial charge in [-0.2, -0.15) is 5.26 Å². The third kappa shape index (κ3) is 3.54. The highest BCUT2D eigenvalue weighted by Crippen LogP contribution is 2.28. The molecule has 0 aliphatic rings. The van der Waals surface area contributed by atoms with Crippen molar-refractivity contribution in [2.45, 2.75) is 6.54 Å². The van der Waals surface area contributed by atoms with Gasteiger partial charge in [0.1, 0.15) is 6.07 Å². The summed E-state index contributed by atoms with van der Waals surface area (Å²) >= 11 is 6.09. The Kier molecular flexibility index (Phi) is 4.82. The van der Waals surface area contributed by atoms with Gasteiger partial charge in [0.2, 0.25) is 0 Å². The van der Waals surface area contributed by atoms with E-state index in [9.17, 15) is 10.1 Å². The Morgan fingerprint density at radius 1 is 1.28 bits per heavy atom. The van der Waals surface area contributed by atoms with Crippen molar-refractivity contribution in [1.82, 2.24) is 10.3 Å². The summed E-state index contributed by atoms with van der Waals surface area (Å²) in [7, 11) is 1.60. The van der Waals surface area contributed by atoms with Crippen LogP contribution in [0.25, 0.3) is 10.9 Å². The van der Waals surface area contributed by atoms with Crippen molar-refractivity contribution in [2.24, 2.45) is 0 Å². The van der Waals surface area contributed by atoms with Crippen molar-refractivity contribution in [3.05, 3.63) is 70.4 Å². The van der Waals surface area contributed by atoms with E-state index in [-0.39, 0.29) is 5.91 Å². The normalized spacial score (nSPS) is 10.3. The maximum Gasteiger partial charge on any atom is 0.251 e. The van der Waals surface area contributed by atoms with Crippen LogP contribution < -0.4 is 10.6 Å². The van der Waals surface area contributed by atoms with Gasteiger partial charge in [0, 0.05) is 35.8 Å². The molecule has 3 aromatic rings. The Labute approximate surface area is 150 Å². The van der Waals surface area contributed by atoms with Crippen LogP contribution in [-0.2, 0) is 6.54 Å². The molecule has 0 aliphatic carbocycles. The van der Waals surface area contributed by atoms with Crippen molar-refractivity contribution in [3.63, 3.8) is 0 Å². The number of hydrogen-bond donors (Lipinski definition) is 2. The van der Waals surface area contributed by atoms with Gasteiger partial charge >= 0.3 is 0 Å². The average molecular weight is 351 g/mol. The molecule has 0 saturated carbocycles. The molecule has 3 rings (SSSR count). The third-order valence-electron chi connectivity index (χ3n) is 3.84. The highest BCUT2D eigenvalue weighted by molar-refractivity contribution is 6.31. The smallest absolute Gasteiger partial charge is 0.251 e. The number of hydrogen-bond acceptors (Lipinski definition) is 4. The number of nitriles is 1. The van der Waals surface area contributed by atoms with E-state index in [1.807, 2.05) is 24.3 Å². The summed E-state index contributed by atoms with van der Waals surface area (Å²) in [5.41, 5.74) is 3.39. The number of pyridine rings is 1. The summed E-state index contributed by atoms with van der Waals surface area (Å²) in [6.45, 7) is 0.463. The van der Waals surface area contributed by atoms with Gasteiger partial charge in [-0.15, -0.1) is 0 Å². The topological polar surface area (TPSA) is 77.8 Å². The molecule has 1 aromatic heterocycles. The van der Waals surface area contributed by atoms with Crippen LogP contribution in [0.4, 0.5) is 5.69 Å². The molecular weight excluding hydrogens is 336 g/mol. The molecule has 124 valence electrons. The van der Waals surface area contributed by atoms with Crippen molar-refractivity contribution >= 4 is 34.1 Å². The van der Waals surface area contributed by atoms with Crippen LogP contribution in [0.15, 0.2) is 48.7 Å². The SMILES string of the molecule is CNC(=O)c1cccc(CNc2c(C#N)cnc3ccc(Cl)cc23)c1. The number of halogens is 1. The molecule has 2 aromatic carbocycles. The fourth-order valence-corrected chi connectivity index (χ4v) is 2.77. The highest BCUT2D eigenvalue weighted by atomic mass is 35.5. The summed E-state index contributed by atoms with van der Waals surface area (Å²) in [6.07, 6.45) is 1.54. The summed E-state index contributed by atoms with van der Waals surface area (Å²) in [4.78, 5) is 16.0. The molecule has 1 amide bonds. The summed E-state index contributed by atoms with van der Waals surface area (Å²) < 4.78 is 0. The quantitative estimate of drug-likeness (QED) is 0.751. The number of aromatic nitrogens is 1. The minimum atomic E-state index is -0.138. The summed E-state index contributed by atoms with van der Waals surface area (Å²) in [5, 5.41) is 16.6. The van der Waals surface area contributed by atoms with E-state index in [0.29, 0.717) is 28.4 Å². The van der Waals surface area contributed by atoms with Gasteiger partial charge in [0.05, 0.1) is 16.8 Å². The van der Waals surface area contributed by atoms with Gasteiger partial charge in [-0.05, 0) is 35.9 Å².